The van der Waals surface area contributed by atoms with Gasteiger partial charge in [-0.1, -0.05) is 11.6 Å². The van der Waals surface area contributed by atoms with Crippen LogP contribution < -0.4 is 5.32 Å². The molecule has 3 heteroatoms. The van der Waals surface area contributed by atoms with Gasteiger partial charge in [0, 0.05) is 22.7 Å². The van der Waals surface area contributed by atoms with Crippen LogP contribution in [0, 0.1) is 0 Å². The first-order valence-corrected chi connectivity index (χ1v) is 3.73. The van der Waals surface area contributed by atoms with E-state index in [4.69, 9.17) is 11.6 Å². The first-order chi connectivity index (χ1) is 4.74. The smallest absolute Gasteiger partial charge is 0.0488 e. The molecule has 1 nitrogen and oxygen atoms in total. The molecule has 0 aliphatic heterocycles. The molecule has 0 radical (unpaired) electrons. The van der Waals surface area contributed by atoms with Gasteiger partial charge in [0.1, 0.15) is 0 Å². The molecule has 0 fully saturated rings. The molecule has 1 rings (SSSR count). The summed E-state index contributed by atoms with van der Waals surface area (Å²) in [7, 11) is 1.84. The number of benzene rings is 1. The van der Waals surface area contributed by atoms with Crippen molar-refractivity contribution in [2.24, 2.45) is 0 Å². The topological polar surface area (TPSA) is 12.0 Å². The van der Waals surface area contributed by atoms with Crippen molar-refractivity contribution in [3.8, 4) is 0 Å². The van der Waals surface area contributed by atoms with Crippen molar-refractivity contribution in [3.05, 3.63) is 23.2 Å². The van der Waals surface area contributed by atoms with Crippen molar-refractivity contribution in [1.29, 1.82) is 0 Å². The lowest BCUT2D eigenvalue weighted by Gasteiger charge is -2.02. The normalized spacial score (nSPS) is 9.50. The second-order valence-electron chi connectivity index (χ2n) is 1.91. The molecule has 0 saturated carbocycles. The third-order valence-corrected chi connectivity index (χ3v) is 1.85. The van der Waals surface area contributed by atoms with E-state index >= 15 is 0 Å². The maximum absolute atomic E-state index is 5.72. The lowest BCUT2D eigenvalue weighted by atomic mass is 10.3. The molecule has 54 valence electrons. The predicted octanol–water partition coefficient (Wildman–Crippen LogP) is 2.67. The minimum absolute atomic E-state index is 0.724. The highest BCUT2D eigenvalue weighted by Gasteiger charge is 1.95. The van der Waals surface area contributed by atoms with Crippen molar-refractivity contribution in [3.63, 3.8) is 0 Å². The number of hydrogen-bond donors (Lipinski definition) is 2. The van der Waals surface area contributed by atoms with Gasteiger partial charge in [-0.3, -0.25) is 0 Å². The van der Waals surface area contributed by atoms with Crippen LogP contribution in [0.5, 0.6) is 0 Å². The number of anilines is 1. The van der Waals surface area contributed by atoms with Crippen molar-refractivity contribution in [2.75, 3.05) is 12.4 Å². The van der Waals surface area contributed by atoms with Gasteiger partial charge in [0.05, 0.1) is 0 Å². The molecule has 0 bridgehead atoms. The van der Waals surface area contributed by atoms with E-state index in [1.807, 2.05) is 25.2 Å². The molecule has 1 aromatic carbocycles. The van der Waals surface area contributed by atoms with Crippen molar-refractivity contribution in [1.82, 2.24) is 0 Å². The summed E-state index contributed by atoms with van der Waals surface area (Å²) in [6.07, 6.45) is 0. The quantitative estimate of drug-likeness (QED) is 0.623. The minimum Gasteiger partial charge on any atom is -0.387 e. The Hall–Kier alpha value is -0.340. The van der Waals surface area contributed by atoms with Crippen LogP contribution in [0.1, 0.15) is 0 Å². The third-order valence-electron chi connectivity index (χ3n) is 1.23. The van der Waals surface area contributed by atoms with Gasteiger partial charge in [0.15, 0.2) is 0 Å². The third kappa shape index (κ3) is 1.58. The number of hydrogen-bond acceptors (Lipinski definition) is 2. The number of halogens is 1. The highest BCUT2D eigenvalue weighted by Crippen LogP contribution is 2.22. The first kappa shape index (κ1) is 7.76. The highest BCUT2D eigenvalue weighted by molar-refractivity contribution is 7.80. The minimum atomic E-state index is 0.724. The van der Waals surface area contributed by atoms with E-state index < -0.39 is 0 Å². The largest absolute Gasteiger partial charge is 0.387 e. The molecule has 0 atom stereocenters. The summed E-state index contributed by atoms with van der Waals surface area (Å²) < 4.78 is 0. The molecule has 0 saturated heterocycles. The fourth-order valence-electron chi connectivity index (χ4n) is 0.709. The van der Waals surface area contributed by atoms with Gasteiger partial charge in [-0.25, -0.2) is 0 Å². The van der Waals surface area contributed by atoms with Crippen LogP contribution in [0.3, 0.4) is 0 Å². The molecular formula is C7H8ClNS. The summed E-state index contributed by atoms with van der Waals surface area (Å²) in [5.41, 5.74) is 0.954. The summed E-state index contributed by atoms with van der Waals surface area (Å²) in [6.45, 7) is 0. The van der Waals surface area contributed by atoms with E-state index in [9.17, 15) is 0 Å². The fraction of sp³-hybridized carbons (Fsp3) is 0.143. The number of nitrogens with one attached hydrogen (secondary N) is 1. The van der Waals surface area contributed by atoms with Crippen LogP contribution in [0.15, 0.2) is 23.1 Å². The first-order valence-electron chi connectivity index (χ1n) is 2.90. The van der Waals surface area contributed by atoms with E-state index in [0.717, 1.165) is 15.6 Å². The Morgan fingerprint density at radius 1 is 1.50 bits per heavy atom. The number of thiol groups is 1. The van der Waals surface area contributed by atoms with E-state index in [-0.39, 0.29) is 0 Å². The average molecular weight is 174 g/mol. The van der Waals surface area contributed by atoms with Crippen molar-refractivity contribution >= 4 is 29.9 Å². The van der Waals surface area contributed by atoms with Gasteiger partial charge in [0.2, 0.25) is 0 Å². The van der Waals surface area contributed by atoms with Gasteiger partial charge >= 0.3 is 0 Å². The summed E-state index contributed by atoms with van der Waals surface area (Å²) in [4.78, 5) is 0.909. The van der Waals surface area contributed by atoms with Crippen LogP contribution >= 0.6 is 24.2 Å². The Labute approximate surface area is 70.8 Å². The maximum atomic E-state index is 5.72. The molecule has 1 aromatic rings. The van der Waals surface area contributed by atoms with Crippen LogP contribution in [0.4, 0.5) is 5.69 Å². The Morgan fingerprint density at radius 2 is 2.20 bits per heavy atom. The Balaban J connectivity index is 3.09. The summed E-state index contributed by atoms with van der Waals surface area (Å²) in [6, 6.07) is 5.51. The Kier molecular flexibility index (Phi) is 2.46. The van der Waals surface area contributed by atoms with Crippen LogP contribution in [-0.2, 0) is 0 Å². The van der Waals surface area contributed by atoms with Gasteiger partial charge in [-0.2, -0.15) is 0 Å². The zero-order valence-electron chi connectivity index (χ0n) is 5.56. The molecule has 1 N–H and O–H groups in total. The van der Waals surface area contributed by atoms with E-state index in [1.54, 1.807) is 0 Å². The van der Waals surface area contributed by atoms with Crippen molar-refractivity contribution in [2.45, 2.75) is 4.90 Å². The van der Waals surface area contributed by atoms with E-state index in [0.29, 0.717) is 0 Å². The Bertz CT molecular complexity index is 237. The van der Waals surface area contributed by atoms with Gasteiger partial charge in [-0.15, -0.1) is 12.6 Å². The number of rotatable bonds is 1. The fourth-order valence-corrected chi connectivity index (χ4v) is 1.13. The SMILES string of the molecule is CNc1cc(Cl)ccc1S. The lowest BCUT2D eigenvalue weighted by Crippen LogP contribution is -1.88. The predicted molar refractivity (Wildman–Crippen MR) is 48.3 cm³/mol. The molecule has 0 aliphatic carbocycles. The zero-order valence-corrected chi connectivity index (χ0v) is 7.21. The van der Waals surface area contributed by atoms with Gasteiger partial charge in [-0.05, 0) is 18.2 Å². The van der Waals surface area contributed by atoms with E-state index in [2.05, 4.69) is 17.9 Å². The van der Waals surface area contributed by atoms with Crippen LogP contribution in [0.2, 0.25) is 5.02 Å². The molecular weight excluding hydrogens is 166 g/mol. The van der Waals surface area contributed by atoms with E-state index in [1.165, 1.54) is 0 Å². The molecule has 0 aliphatic rings. The van der Waals surface area contributed by atoms with Crippen LogP contribution in [0.25, 0.3) is 0 Å². The molecule has 10 heavy (non-hydrogen) atoms. The van der Waals surface area contributed by atoms with Gasteiger partial charge in [0.25, 0.3) is 0 Å². The van der Waals surface area contributed by atoms with Crippen LogP contribution in [-0.4, -0.2) is 7.05 Å². The monoisotopic (exact) mass is 173 g/mol. The average Bonchev–Trinajstić information content (AvgIpc) is 1.94. The lowest BCUT2D eigenvalue weighted by molar-refractivity contribution is 1.39. The van der Waals surface area contributed by atoms with Gasteiger partial charge < -0.3 is 5.32 Å². The molecule has 0 amide bonds. The molecule has 0 heterocycles. The molecule has 0 aromatic heterocycles. The summed E-state index contributed by atoms with van der Waals surface area (Å²) >= 11 is 9.93. The second-order valence-corrected chi connectivity index (χ2v) is 2.83. The standard InChI is InChI=1S/C7H8ClNS/c1-9-6-4-5(8)2-3-7(6)10/h2-4,9-10H,1H3. The van der Waals surface area contributed by atoms with Crippen molar-refractivity contribution < 1.29 is 0 Å². The molecule has 0 unspecified atom stereocenters. The summed E-state index contributed by atoms with van der Waals surface area (Å²) in [5, 5.41) is 3.70. The zero-order chi connectivity index (χ0) is 7.56. The maximum Gasteiger partial charge on any atom is 0.0488 e. The second kappa shape index (κ2) is 3.17. The summed E-state index contributed by atoms with van der Waals surface area (Å²) in [5.74, 6) is 0. The highest BCUT2D eigenvalue weighted by atomic mass is 35.5. The molecule has 0 spiro atoms. The Morgan fingerprint density at radius 3 is 2.70 bits per heavy atom.